The molecule has 5 nitrogen and oxygen atoms in total. The highest BCUT2D eigenvalue weighted by Gasteiger charge is 2.02. The molecule has 1 heterocycles. The van der Waals surface area contributed by atoms with E-state index in [1.165, 1.54) is 0 Å². The van der Waals surface area contributed by atoms with Crippen molar-refractivity contribution < 1.29 is 4.79 Å². The lowest BCUT2D eigenvalue weighted by molar-refractivity contribution is -0.121. The van der Waals surface area contributed by atoms with Gasteiger partial charge < -0.3 is 10.3 Å². The van der Waals surface area contributed by atoms with Crippen molar-refractivity contribution in [2.24, 2.45) is 0 Å². The molecule has 0 atom stereocenters. The second kappa shape index (κ2) is 5.12. The van der Waals surface area contributed by atoms with Gasteiger partial charge in [-0.05, 0) is 17.7 Å². The molecule has 1 amide bonds. The third-order valence-electron chi connectivity index (χ3n) is 2.44. The number of amides is 1. The van der Waals surface area contributed by atoms with Crippen LogP contribution in [0.25, 0.3) is 11.0 Å². The Morgan fingerprint density at radius 2 is 2.41 bits per heavy atom. The fraction of sp³-hybridized carbons (Fsp3) is 0.250. The highest BCUT2D eigenvalue weighted by molar-refractivity contribution is 5.77. The van der Waals surface area contributed by atoms with Crippen molar-refractivity contribution >= 4 is 16.9 Å². The number of aromatic nitrogens is 2. The number of benzene rings is 1. The number of imidazole rings is 1. The van der Waals surface area contributed by atoms with Crippen LogP contribution in [0.5, 0.6) is 0 Å². The van der Waals surface area contributed by atoms with Gasteiger partial charge in [0.15, 0.2) is 0 Å². The number of H-pyrrole nitrogens is 1. The first-order valence-corrected chi connectivity index (χ1v) is 5.35. The maximum Gasteiger partial charge on any atom is 0.221 e. The van der Waals surface area contributed by atoms with Crippen molar-refractivity contribution in [2.45, 2.75) is 19.4 Å². The zero-order valence-corrected chi connectivity index (χ0v) is 9.23. The zero-order valence-electron chi connectivity index (χ0n) is 9.23. The quantitative estimate of drug-likeness (QED) is 0.831. The van der Waals surface area contributed by atoms with Crippen molar-refractivity contribution in [1.29, 1.82) is 5.26 Å². The molecule has 0 spiro atoms. The molecule has 0 radical (unpaired) electrons. The van der Waals surface area contributed by atoms with Crippen LogP contribution in [0.15, 0.2) is 24.5 Å². The number of carbonyl (C=O) groups excluding carboxylic acids is 1. The van der Waals surface area contributed by atoms with Gasteiger partial charge in [0.05, 0.1) is 23.4 Å². The topological polar surface area (TPSA) is 81.6 Å². The molecular weight excluding hydrogens is 216 g/mol. The van der Waals surface area contributed by atoms with Crippen LogP contribution >= 0.6 is 0 Å². The van der Waals surface area contributed by atoms with E-state index in [2.05, 4.69) is 15.3 Å². The van der Waals surface area contributed by atoms with Gasteiger partial charge >= 0.3 is 0 Å². The van der Waals surface area contributed by atoms with Crippen molar-refractivity contribution in [2.75, 3.05) is 0 Å². The van der Waals surface area contributed by atoms with Crippen LogP contribution in [0, 0.1) is 11.3 Å². The van der Waals surface area contributed by atoms with Gasteiger partial charge in [0, 0.05) is 19.4 Å². The lowest BCUT2D eigenvalue weighted by atomic mass is 10.2. The summed E-state index contributed by atoms with van der Waals surface area (Å²) in [4.78, 5) is 18.4. The Labute approximate surface area is 98.5 Å². The standard InChI is InChI=1S/C12H12N4O/c13-5-1-2-12(17)14-7-9-3-4-10-11(6-9)16-8-15-10/h3-4,6,8H,1-2,7H2,(H,14,17)(H,15,16). The van der Waals surface area contributed by atoms with E-state index < -0.39 is 0 Å². The smallest absolute Gasteiger partial charge is 0.221 e. The third kappa shape index (κ3) is 2.82. The number of nitriles is 1. The Kier molecular flexibility index (Phi) is 3.36. The summed E-state index contributed by atoms with van der Waals surface area (Å²) >= 11 is 0. The monoisotopic (exact) mass is 228 g/mol. The molecule has 2 rings (SSSR count). The van der Waals surface area contributed by atoms with Gasteiger partial charge in [-0.15, -0.1) is 0 Å². The van der Waals surface area contributed by atoms with Crippen LogP contribution in [0.3, 0.4) is 0 Å². The maximum atomic E-state index is 11.3. The number of fused-ring (bicyclic) bond motifs is 1. The van der Waals surface area contributed by atoms with Crippen molar-refractivity contribution in [3.8, 4) is 6.07 Å². The Morgan fingerprint density at radius 3 is 3.24 bits per heavy atom. The predicted octanol–water partition coefficient (Wildman–Crippen LogP) is 1.48. The predicted molar refractivity (Wildman–Crippen MR) is 62.8 cm³/mol. The molecule has 0 saturated heterocycles. The minimum atomic E-state index is -0.101. The molecule has 1 aromatic heterocycles. The summed E-state index contributed by atoms with van der Waals surface area (Å²) in [5, 5.41) is 11.1. The van der Waals surface area contributed by atoms with Gasteiger partial charge in [-0.2, -0.15) is 5.26 Å². The summed E-state index contributed by atoms with van der Waals surface area (Å²) in [6.45, 7) is 0.471. The van der Waals surface area contributed by atoms with E-state index in [0.29, 0.717) is 6.54 Å². The summed E-state index contributed by atoms with van der Waals surface area (Å²) in [6, 6.07) is 7.72. The number of rotatable bonds is 4. The summed E-state index contributed by atoms with van der Waals surface area (Å²) < 4.78 is 0. The van der Waals surface area contributed by atoms with Crippen LogP contribution in [0.1, 0.15) is 18.4 Å². The molecule has 0 saturated carbocycles. The van der Waals surface area contributed by atoms with Crippen molar-refractivity contribution in [3.05, 3.63) is 30.1 Å². The van der Waals surface area contributed by atoms with Gasteiger partial charge in [-0.3, -0.25) is 4.79 Å². The maximum absolute atomic E-state index is 11.3. The van der Waals surface area contributed by atoms with Gasteiger partial charge in [0.2, 0.25) is 5.91 Å². The molecular formula is C12H12N4O. The molecule has 5 heteroatoms. The van der Waals surface area contributed by atoms with E-state index in [1.54, 1.807) is 6.33 Å². The Balaban J connectivity index is 1.94. The molecule has 1 aromatic carbocycles. The number of nitrogens with zero attached hydrogens (tertiary/aromatic N) is 2. The molecule has 0 aliphatic rings. The molecule has 86 valence electrons. The number of aromatic amines is 1. The molecule has 17 heavy (non-hydrogen) atoms. The lowest BCUT2D eigenvalue weighted by Gasteiger charge is -2.03. The zero-order chi connectivity index (χ0) is 12.1. The molecule has 0 aliphatic heterocycles. The average Bonchev–Trinajstić information content (AvgIpc) is 2.81. The highest BCUT2D eigenvalue weighted by Crippen LogP contribution is 2.11. The number of nitrogens with one attached hydrogen (secondary N) is 2. The summed E-state index contributed by atoms with van der Waals surface area (Å²) in [6.07, 6.45) is 2.15. The Hall–Kier alpha value is -2.35. The van der Waals surface area contributed by atoms with Crippen LogP contribution in [0.2, 0.25) is 0 Å². The molecule has 0 bridgehead atoms. The van der Waals surface area contributed by atoms with Crippen LogP contribution in [-0.2, 0) is 11.3 Å². The van der Waals surface area contributed by atoms with Gasteiger partial charge in [-0.25, -0.2) is 4.98 Å². The van der Waals surface area contributed by atoms with E-state index >= 15 is 0 Å². The highest BCUT2D eigenvalue weighted by atomic mass is 16.1. The number of hydrogen-bond donors (Lipinski definition) is 2. The normalized spacial score (nSPS) is 10.1. The van der Waals surface area contributed by atoms with Gasteiger partial charge in [0.25, 0.3) is 0 Å². The summed E-state index contributed by atoms with van der Waals surface area (Å²) in [5.41, 5.74) is 2.87. The fourth-order valence-corrected chi connectivity index (χ4v) is 1.55. The van der Waals surface area contributed by atoms with E-state index in [9.17, 15) is 4.79 Å². The van der Waals surface area contributed by atoms with Gasteiger partial charge in [-0.1, -0.05) is 6.07 Å². The Morgan fingerprint density at radius 1 is 1.53 bits per heavy atom. The minimum Gasteiger partial charge on any atom is -0.352 e. The second-order valence-electron chi connectivity index (χ2n) is 3.69. The van der Waals surface area contributed by atoms with E-state index in [1.807, 2.05) is 24.3 Å². The van der Waals surface area contributed by atoms with Crippen molar-refractivity contribution in [1.82, 2.24) is 15.3 Å². The van der Waals surface area contributed by atoms with Crippen LogP contribution in [-0.4, -0.2) is 15.9 Å². The minimum absolute atomic E-state index is 0.101. The summed E-state index contributed by atoms with van der Waals surface area (Å²) in [5.74, 6) is -0.101. The second-order valence-corrected chi connectivity index (χ2v) is 3.69. The lowest BCUT2D eigenvalue weighted by Crippen LogP contribution is -2.22. The first kappa shape index (κ1) is 11.1. The van der Waals surface area contributed by atoms with E-state index in [4.69, 9.17) is 5.26 Å². The molecule has 0 fully saturated rings. The van der Waals surface area contributed by atoms with Crippen molar-refractivity contribution in [3.63, 3.8) is 0 Å². The van der Waals surface area contributed by atoms with E-state index in [0.717, 1.165) is 16.6 Å². The average molecular weight is 228 g/mol. The number of hydrogen-bond acceptors (Lipinski definition) is 3. The largest absolute Gasteiger partial charge is 0.352 e. The fourth-order valence-electron chi connectivity index (χ4n) is 1.55. The van der Waals surface area contributed by atoms with E-state index in [-0.39, 0.29) is 18.7 Å². The van der Waals surface area contributed by atoms with Gasteiger partial charge in [0.1, 0.15) is 0 Å². The third-order valence-corrected chi connectivity index (χ3v) is 2.44. The Bertz CT molecular complexity index is 567. The molecule has 0 aliphatic carbocycles. The van der Waals surface area contributed by atoms with Crippen LogP contribution in [0.4, 0.5) is 0 Å². The number of carbonyl (C=O) groups is 1. The molecule has 2 N–H and O–H groups in total. The van der Waals surface area contributed by atoms with Crippen LogP contribution < -0.4 is 5.32 Å². The molecule has 2 aromatic rings. The first-order chi connectivity index (χ1) is 8.29. The summed E-state index contributed by atoms with van der Waals surface area (Å²) in [7, 11) is 0. The first-order valence-electron chi connectivity index (χ1n) is 5.35. The SMILES string of the molecule is N#CCCC(=O)NCc1ccc2nc[nH]c2c1. The molecule has 0 unspecified atom stereocenters.